The third kappa shape index (κ3) is 3.47. The van der Waals surface area contributed by atoms with Crippen molar-refractivity contribution in [2.75, 3.05) is 19.6 Å². The third-order valence-corrected chi connectivity index (χ3v) is 5.89. The Kier molecular flexibility index (Phi) is 4.79. The lowest BCUT2D eigenvalue weighted by molar-refractivity contribution is -0.140. The van der Waals surface area contributed by atoms with Crippen LogP contribution >= 0.6 is 11.6 Å². The van der Waals surface area contributed by atoms with Gasteiger partial charge >= 0.3 is 6.03 Å². The van der Waals surface area contributed by atoms with Gasteiger partial charge in [-0.05, 0) is 28.8 Å². The molecular formula is C22H24ClN3O2. The summed E-state index contributed by atoms with van der Waals surface area (Å²) < 4.78 is 0. The van der Waals surface area contributed by atoms with Gasteiger partial charge in [-0.2, -0.15) is 0 Å². The van der Waals surface area contributed by atoms with Crippen LogP contribution in [0.3, 0.4) is 0 Å². The van der Waals surface area contributed by atoms with E-state index < -0.39 is 0 Å². The number of fused-ring (bicyclic) bond motifs is 3. The van der Waals surface area contributed by atoms with Crippen LogP contribution in [0.2, 0.25) is 5.02 Å². The van der Waals surface area contributed by atoms with Gasteiger partial charge in [0.25, 0.3) is 0 Å². The first kappa shape index (κ1) is 18.8. The summed E-state index contributed by atoms with van der Waals surface area (Å²) in [5, 5.41) is 3.55. The zero-order valence-corrected chi connectivity index (χ0v) is 16.9. The van der Waals surface area contributed by atoms with E-state index >= 15 is 0 Å². The zero-order chi connectivity index (χ0) is 19.9. The lowest BCUT2D eigenvalue weighted by Crippen LogP contribution is -2.59. The number of hydrogen-bond acceptors (Lipinski definition) is 2. The summed E-state index contributed by atoms with van der Waals surface area (Å²) >= 11 is 6.00. The Morgan fingerprint density at radius 2 is 2.00 bits per heavy atom. The Morgan fingerprint density at radius 1 is 1.21 bits per heavy atom. The molecule has 1 N–H and O–H groups in total. The van der Waals surface area contributed by atoms with Crippen LogP contribution in [-0.2, 0) is 16.8 Å². The van der Waals surface area contributed by atoms with E-state index in [-0.39, 0.29) is 29.9 Å². The SMILES string of the molecule is CC1(C)CN2C(=O)CN(C(=O)NCc3cccc(Cl)c3)CC2c2ccccc21. The molecule has 0 saturated carbocycles. The fourth-order valence-corrected chi connectivity index (χ4v) is 4.48. The monoisotopic (exact) mass is 397 g/mol. The molecule has 0 aromatic heterocycles. The maximum atomic E-state index is 12.8. The lowest BCUT2D eigenvalue weighted by atomic mass is 9.75. The van der Waals surface area contributed by atoms with Gasteiger partial charge in [0, 0.05) is 30.1 Å². The van der Waals surface area contributed by atoms with Crippen LogP contribution in [-0.4, -0.2) is 41.4 Å². The van der Waals surface area contributed by atoms with E-state index in [4.69, 9.17) is 11.6 Å². The molecule has 6 heteroatoms. The topological polar surface area (TPSA) is 52.7 Å². The van der Waals surface area contributed by atoms with E-state index in [1.54, 1.807) is 11.0 Å². The molecule has 2 aliphatic rings. The molecule has 1 fully saturated rings. The largest absolute Gasteiger partial charge is 0.334 e. The zero-order valence-electron chi connectivity index (χ0n) is 16.1. The minimum Gasteiger partial charge on any atom is -0.334 e. The van der Waals surface area contributed by atoms with Crippen LogP contribution in [0, 0.1) is 0 Å². The maximum absolute atomic E-state index is 12.8. The van der Waals surface area contributed by atoms with Gasteiger partial charge in [-0.15, -0.1) is 0 Å². The molecule has 1 atom stereocenters. The van der Waals surface area contributed by atoms with Gasteiger partial charge < -0.3 is 15.1 Å². The van der Waals surface area contributed by atoms with Crippen molar-refractivity contribution < 1.29 is 9.59 Å². The molecule has 1 unspecified atom stereocenters. The molecule has 0 aliphatic carbocycles. The van der Waals surface area contributed by atoms with Crippen molar-refractivity contribution in [1.29, 1.82) is 0 Å². The summed E-state index contributed by atoms with van der Waals surface area (Å²) in [4.78, 5) is 29.1. The Hall–Kier alpha value is -2.53. The van der Waals surface area contributed by atoms with Crippen molar-refractivity contribution in [2.24, 2.45) is 0 Å². The number of hydrogen-bond donors (Lipinski definition) is 1. The molecule has 2 aromatic carbocycles. The van der Waals surface area contributed by atoms with Crippen molar-refractivity contribution in [3.8, 4) is 0 Å². The molecule has 0 radical (unpaired) electrons. The van der Waals surface area contributed by atoms with Crippen LogP contribution in [0.15, 0.2) is 48.5 Å². The third-order valence-electron chi connectivity index (χ3n) is 5.65. The molecule has 146 valence electrons. The van der Waals surface area contributed by atoms with Crippen LogP contribution in [0.4, 0.5) is 4.79 Å². The second-order valence-corrected chi connectivity index (χ2v) is 8.61. The van der Waals surface area contributed by atoms with Gasteiger partial charge in [-0.1, -0.05) is 61.8 Å². The quantitative estimate of drug-likeness (QED) is 0.839. The van der Waals surface area contributed by atoms with Gasteiger partial charge in [0.2, 0.25) is 5.91 Å². The van der Waals surface area contributed by atoms with Gasteiger partial charge in [0.1, 0.15) is 6.54 Å². The predicted octanol–water partition coefficient (Wildman–Crippen LogP) is 3.73. The van der Waals surface area contributed by atoms with E-state index in [0.29, 0.717) is 24.7 Å². The van der Waals surface area contributed by atoms with Crippen molar-refractivity contribution >= 4 is 23.5 Å². The first-order valence-corrected chi connectivity index (χ1v) is 9.89. The van der Waals surface area contributed by atoms with E-state index in [1.165, 1.54) is 5.56 Å². The number of urea groups is 1. The number of nitrogens with one attached hydrogen (secondary N) is 1. The standard InChI is InChI=1S/C22H24ClN3O2/c1-22(2)14-26-19(17-8-3-4-9-18(17)22)12-25(13-20(26)27)21(28)24-11-15-6-5-7-16(23)10-15/h3-10,19H,11-14H2,1-2H3,(H,24,28). The number of halogens is 1. The first-order chi connectivity index (χ1) is 13.3. The maximum Gasteiger partial charge on any atom is 0.318 e. The van der Waals surface area contributed by atoms with Crippen molar-refractivity contribution in [3.63, 3.8) is 0 Å². The Labute approximate surface area is 170 Å². The molecule has 5 nitrogen and oxygen atoms in total. The van der Waals surface area contributed by atoms with E-state index in [1.807, 2.05) is 35.2 Å². The van der Waals surface area contributed by atoms with Crippen LogP contribution in [0.5, 0.6) is 0 Å². The minimum atomic E-state index is -0.227. The second kappa shape index (κ2) is 7.13. The number of amides is 3. The van der Waals surface area contributed by atoms with Crippen molar-refractivity contribution in [2.45, 2.75) is 31.8 Å². The van der Waals surface area contributed by atoms with Gasteiger partial charge in [-0.3, -0.25) is 4.79 Å². The number of rotatable bonds is 2. The molecule has 0 spiro atoms. The fraction of sp³-hybridized carbons (Fsp3) is 0.364. The van der Waals surface area contributed by atoms with E-state index in [2.05, 4.69) is 31.3 Å². The van der Waals surface area contributed by atoms with E-state index in [0.717, 1.165) is 11.1 Å². The van der Waals surface area contributed by atoms with Gasteiger partial charge in [0.05, 0.1) is 6.04 Å². The number of carbonyl (C=O) groups is 2. The second-order valence-electron chi connectivity index (χ2n) is 8.18. The van der Waals surface area contributed by atoms with E-state index in [9.17, 15) is 9.59 Å². The number of piperazine rings is 1. The number of benzene rings is 2. The minimum absolute atomic E-state index is 0.00302. The smallest absolute Gasteiger partial charge is 0.318 e. The summed E-state index contributed by atoms with van der Waals surface area (Å²) in [7, 11) is 0. The highest BCUT2D eigenvalue weighted by Crippen LogP contribution is 2.41. The molecular weight excluding hydrogens is 374 g/mol. The highest BCUT2D eigenvalue weighted by atomic mass is 35.5. The van der Waals surface area contributed by atoms with Crippen LogP contribution in [0.1, 0.15) is 36.6 Å². The molecule has 28 heavy (non-hydrogen) atoms. The average Bonchev–Trinajstić information content (AvgIpc) is 2.67. The normalized spacial score (nSPS) is 20.4. The van der Waals surface area contributed by atoms with Crippen LogP contribution in [0.25, 0.3) is 0 Å². The van der Waals surface area contributed by atoms with Crippen molar-refractivity contribution in [1.82, 2.24) is 15.1 Å². The summed E-state index contributed by atoms with van der Waals surface area (Å²) in [5.41, 5.74) is 3.22. The molecule has 2 aliphatic heterocycles. The first-order valence-electron chi connectivity index (χ1n) is 9.51. The summed E-state index contributed by atoms with van der Waals surface area (Å²) in [6.07, 6.45) is 0. The van der Waals surface area contributed by atoms with Gasteiger partial charge in [0.15, 0.2) is 0 Å². The molecule has 2 aromatic rings. The number of nitrogens with zero attached hydrogens (tertiary/aromatic N) is 2. The predicted molar refractivity (Wildman–Crippen MR) is 109 cm³/mol. The van der Waals surface area contributed by atoms with Crippen molar-refractivity contribution in [3.05, 3.63) is 70.2 Å². The molecule has 2 heterocycles. The summed E-state index contributed by atoms with van der Waals surface area (Å²) in [6.45, 7) is 5.99. The summed E-state index contributed by atoms with van der Waals surface area (Å²) in [5.74, 6) is -0.00302. The average molecular weight is 398 g/mol. The molecule has 4 rings (SSSR count). The van der Waals surface area contributed by atoms with Crippen LogP contribution < -0.4 is 5.32 Å². The molecule has 0 bridgehead atoms. The number of carbonyl (C=O) groups excluding carboxylic acids is 2. The Balaban J connectivity index is 1.52. The Morgan fingerprint density at radius 3 is 2.79 bits per heavy atom. The highest BCUT2D eigenvalue weighted by Gasteiger charge is 2.44. The Bertz CT molecular complexity index is 928. The summed E-state index contributed by atoms with van der Waals surface area (Å²) in [6, 6.07) is 15.3. The molecule has 1 saturated heterocycles. The van der Waals surface area contributed by atoms with Gasteiger partial charge in [-0.25, -0.2) is 4.79 Å². The highest BCUT2D eigenvalue weighted by molar-refractivity contribution is 6.30. The molecule has 3 amide bonds. The fourth-order valence-electron chi connectivity index (χ4n) is 4.27. The lowest BCUT2D eigenvalue weighted by Gasteiger charge is -2.49.